The van der Waals surface area contributed by atoms with Gasteiger partial charge in [-0.3, -0.25) is 0 Å². The molecule has 1 saturated heterocycles. The summed E-state index contributed by atoms with van der Waals surface area (Å²) in [5.41, 5.74) is 3.18. The van der Waals surface area contributed by atoms with E-state index < -0.39 is 4.87 Å². The molecule has 0 aromatic heterocycles. The summed E-state index contributed by atoms with van der Waals surface area (Å²) in [5, 5.41) is 0. The maximum Gasteiger partial charge on any atom is 0.322 e. The molecule has 2 atom stereocenters. The third-order valence-corrected chi connectivity index (χ3v) is 6.05. The van der Waals surface area contributed by atoms with Crippen LogP contribution in [0.2, 0.25) is 0 Å². The number of urea groups is 1. The van der Waals surface area contributed by atoms with E-state index in [4.69, 9.17) is 12.6 Å². The fourth-order valence-electron chi connectivity index (χ4n) is 3.87. The molecule has 0 saturated carbocycles. The van der Waals surface area contributed by atoms with Crippen LogP contribution in [0.5, 0.6) is 0 Å². The van der Waals surface area contributed by atoms with Gasteiger partial charge in [-0.15, -0.1) is 12.6 Å². The van der Waals surface area contributed by atoms with Gasteiger partial charge in [-0.25, -0.2) is 4.79 Å². The smallest absolute Gasteiger partial charge is 0.310 e. The molecule has 4 rings (SSSR count). The first-order valence-electron chi connectivity index (χ1n) is 9.03. The maximum atomic E-state index is 13.3. The van der Waals surface area contributed by atoms with E-state index in [0.29, 0.717) is 6.54 Å². The normalized spacial score (nSPS) is 22.3. The fraction of sp³-hybridized carbons (Fsp3) is 0.174. The van der Waals surface area contributed by atoms with Gasteiger partial charge in [0.1, 0.15) is 4.87 Å². The summed E-state index contributed by atoms with van der Waals surface area (Å²) in [5.74, 6) is 0. The summed E-state index contributed by atoms with van der Waals surface area (Å²) >= 11 is 5.12. The second-order valence-electron chi connectivity index (χ2n) is 6.86. The van der Waals surface area contributed by atoms with Crippen LogP contribution in [0.1, 0.15) is 22.7 Å². The van der Waals surface area contributed by atoms with Crippen LogP contribution in [0.15, 0.2) is 91.0 Å². The molecule has 27 heavy (non-hydrogen) atoms. The standard InChI is InChI=1S/C23H22N2OS/c1-24-22(26)25(17-18-11-5-2-6-12-18)21(19-13-7-3-8-14-19)23(24,27)20-15-9-4-10-16-20/h2-16,21,27H,17H2,1H3. The second kappa shape index (κ2) is 7.12. The molecule has 0 radical (unpaired) electrons. The van der Waals surface area contributed by atoms with Crippen molar-refractivity contribution in [3.8, 4) is 0 Å². The minimum atomic E-state index is -0.755. The van der Waals surface area contributed by atoms with E-state index in [0.717, 1.165) is 16.7 Å². The van der Waals surface area contributed by atoms with Gasteiger partial charge < -0.3 is 9.80 Å². The van der Waals surface area contributed by atoms with E-state index in [9.17, 15) is 4.79 Å². The number of carbonyl (C=O) groups excluding carboxylic acids is 1. The van der Waals surface area contributed by atoms with Crippen LogP contribution in [0.3, 0.4) is 0 Å². The SMILES string of the molecule is CN1C(=O)N(Cc2ccccc2)C(c2ccccc2)C1(S)c1ccccc1. The first kappa shape index (κ1) is 17.7. The number of hydrogen-bond acceptors (Lipinski definition) is 2. The molecule has 1 aliphatic heterocycles. The molecule has 2 amide bonds. The molecule has 4 heteroatoms. The van der Waals surface area contributed by atoms with Crippen molar-refractivity contribution >= 4 is 18.7 Å². The molecule has 1 aliphatic rings. The quantitative estimate of drug-likeness (QED) is 0.633. The number of hydrogen-bond donors (Lipinski definition) is 1. The van der Waals surface area contributed by atoms with Gasteiger partial charge in [0, 0.05) is 13.6 Å². The molecule has 3 aromatic rings. The second-order valence-corrected chi connectivity index (χ2v) is 7.54. The monoisotopic (exact) mass is 374 g/mol. The Kier molecular flexibility index (Phi) is 4.66. The number of carbonyl (C=O) groups is 1. The molecule has 3 aromatic carbocycles. The van der Waals surface area contributed by atoms with Crippen LogP contribution in [0.25, 0.3) is 0 Å². The number of amides is 2. The minimum absolute atomic E-state index is 0.0217. The predicted octanol–water partition coefficient (Wildman–Crippen LogP) is 5.08. The lowest BCUT2D eigenvalue weighted by atomic mass is 9.92. The Balaban J connectivity index is 1.84. The summed E-state index contributed by atoms with van der Waals surface area (Å²) in [6.45, 7) is 0.540. The van der Waals surface area contributed by atoms with Gasteiger partial charge in [-0.2, -0.15) is 0 Å². The molecule has 136 valence electrons. The van der Waals surface area contributed by atoms with E-state index in [1.54, 1.807) is 4.90 Å². The Morgan fingerprint density at radius 3 is 1.96 bits per heavy atom. The Labute approximate surface area is 165 Å². The van der Waals surface area contributed by atoms with Crippen LogP contribution < -0.4 is 0 Å². The molecule has 2 unspecified atom stereocenters. The number of benzene rings is 3. The lowest BCUT2D eigenvalue weighted by Gasteiger charge is -2.36. The van der Waals surface area contributed by atoms with Crippen molar-refractivity contribution < 1.29 is 4.79 Å². The average molecular weight is 375 g/mol. The summed E-state index contributed by atoms with van der Waals surface area (Å²) in [6, 6.07) is 30.1. The van der Waals surface area contributed by atoms with Crippen molar-refractivity contribution in [1.82, 2.24) is 9.80 Å². The van der Waals surface area contributed by atoms with Gasteiger partial charge in [0.15, 0.2) is 0 Å². The van der Waals surface area contributed by atoms with E-state index in [1.165, 1.54) is 0 Å². The number of likely N-dealkylation sites (N-methyl/N-ethyl adjacent to an activating group) is 1. The first-order valence-corrected chi connectivity index (χ1v) is 9.48. The number of nitrogens with zero attached hydrogens (tertiary/aromatic N) is 2. The van der Waals surface area contributed by atoms with E-state index in [-0.39, 0.29) is 12.1 Å². The molecule has 0 N–H and O–H groups in total. The van der Waals surface area contributed by atoms with Gasteiger partial charge in [0.25, 0.3) is 0 Å². The minimum Gasteiger partial charge on any atom is -0.310 e. The topological polar surface area (TPSA) is 23.6 Å². The summed E-state index contributed by atoms with van der Waals surface area (Å²) < 4.78 is 0. The Morgan fingerprint density at radius 1 is 0.852 bits per heavy atom. The van der Waals surface area contributed by atoms with Crippen LogP contribution in [0.4, 0.5) is 4.79 Å². The van der Waals surface area contributed by atoms with Crippen molar-refractivity contribution in [3.05, 3.63) is 108 Å². The molecule has 0 aliphatic carbocycles. The Bertz CT molecular complexity index is 917. The molecular weight excluding hydrogens is 352 g/mol. The molecule has 0 bridgehead atoms. The zero-order valence-corrected chi connectivity index (χ0v) is 16.1. The number of thiol groups is 1. The van der Waals surface area contributed by atoms with Gasteiger partial charge >= 0.3 is 6.03 Å². The van der Waals surface area contributed by atoms with Crippen molar-refractivity contribution in [2.75, 3.05) is 7.05 Å². The van der Waals surface area contributed by atoms with Gasteiger partial charge in [0.05, 0.1) is 6.04 Å². The fourth-order valence-corrected chi connectivity index (χ4v) is 4.39. The van der Waals surface area contributed by atoms with E-state index >= 15 is 0 Å². The highest BCUT2D eigenvalue weighted by molar-refractivity contribution is 7.81. The highest BCUT2D eigenvalue weighted by Crippen LogP contribution is 2.52. The van der Waals surface area contributed by atoms with Crippen LogP contribution in [0, 0.1) is 0 Å². The molecule has 3 nitrogen and oxygen atoms in total. The zero-order chi connectivity index (χ0) is 18.9. The summed E-state index contributed by atoms with van der Waals surface area (Å²) in [6.07, 6.45) is 0. The van der Waals surface area contributed by atoms with Crippen LogP contribution in [-0.4, -0.2) is 22.9 Å². The highest BCUT2D eigenvalue weighted by Gasteiger charge is 2.55. The van der Waals surface area contributed by atoms with Crippen LogP contribution in [-0.2, 0) is 11.4 Å². The Hall–Kier alpha value is -2.72. The first-order chi connectivity index (χ1) is 13.1. The maximum absolute atomic E-state index is 13.3. The summed E-state index contributed by atoms with van der Waals surface area (Å²) in [4.78, 5) is 16.2. The molecule has 0 spiro atoms. The average Bonchev–Trinajstić information content (AvgIpc) is 2.92. The lowest BCUT2D eigenvalue weighted by Crippen LogP contribution is -2.38. The zero-order valence-electron chi connectivity index (χ0n) is 15.2. The van der Waals surface area contributed by atoms with Gasteiger partial charge in [-0.05, 0) is 16.7 Å². The van der Waals surface area contributed by atoms with E-state index in [2.05, 4.69) is 24.3 Å². The van der Waals surface area contributed by atoms with E-state index in [1.807, 2.05) is 78.7 Å². The van der Waals surface area contributed by atoms with Gasteiger partial charge in [0.2, 0.25) is 0 Å². The van der Waals surface area contributed by atoms with Crippen molar-refractivity contribution in [2.24, 2.45) is 0 Å². The Morgan fingerprint density at radius 2 is 1.37 bits per heavy atom. The summed E-state index contributed by atoms with van der Waals surface area (Å²) in [7, 11) is 1.84. The van der Waals surface area contributed by atoms with Crippen molar-refractivity contribution in [2.45, 2.75) is 17.5 Å². The molecular formula is C23H22N2OS. The van der Waals surface area contributed by atoms with Crippen molar-refractivity contribution in [1.29, 1.82) is 0 Å². The molecule has 1 heterocycles. The van der Waals surface area contributed by atoms with Gasteiger partial charge in [-0.1, -0.05) is 91.0 Å². The van der Waals surface area contributed by atoms with Crippen molar-refractivity contribution in [3.63, 3.8) is 0 Å². The van der Waals surface area contributed by atoms with Crippen LogP contribution >= 0.6 is 12.6 Å². The lowest BCUT2D eigenvalue weighted by molar-refractivity contribution is 0.188. The molecule has 1 fully saturated rings. The third-order valence-electron chi connectivity index (χ3n) is 5.25. The number of rotatable bonds is 4. The highest BCUT2D eigenvalue weighted by atomic mass is 32.1. The third kappa shape index (κ3) is 3.00. The predicted molar refractivity (Wildman–Crippen MR) is 111 cm³/mol. The largest absolute Gasteiger partial charge is 0.322 e.